The Labute approximate surface area is 393 Å². The van der Waals surface area contributed by atoms with Gasteiger partial charge in [0.25, 0.3) is 10.0 Å². The SMILES string of the molecule is C=C/C(=C1/CC2CCCC2/C1=C(/C)c1ccc2nc([C@@H]3CCCN3C(=O)[C@@H](NC(=O)OC)C(C)C)[nH]c2c1)c1ccc2c(c1)S(=O)(=O)N=C([C@@H]1CCCN1C(=O)[C@@H](NC(=O)OC)[C@@H](C)CC)N2. The summed E-state index contributed by atoms with van der Waals surface area (Å²) in [6, 6.07) is 9.18. The van der Waals surface area contributed by atoms with E-state index in [4.69, 9.17) is 14.5 Å². The van der Waals surface area contributed by atoms with Gasteiger partial charge in [-0.15, -0.1) is 4.40 Å². The van der Waals surface area contributed by atoms with E-state index in [1.807, 2.05) is 50.8 Å². The number of rotatable bonds is 12. The second-order valence-electron chi connectivity index (χ2n) is 19.0. The van der Waals surface area contributed by atoms with Crippen LogP contribution in [-0.4, -0.2) is 103 Å². The van der Waals surface area contributed by atoms with Crippen molar-refractivity contribution < 1.29 is 37.1 Å². The molecule has 16 nitrogen and oxygen atoms in total. The number of nitrogens with one attached hydrogen (secondary N) is 4. The molecule has 2 aromatic carbocycles. The van der Waals surface area contributed by atoms with Crippen molar-refractivity contribution in [1.82, 2.24) is 30.4 Å². The van der Waals surface area contributed by atoms with Crippen molar-refractivity contribution in [2.45, 2.75) is 121 Å². The smallest absolute Gasteiger partial charge is 0.407 e. The number of hydrogen-bond donors (Lipinski definition) is 4. The highest BCUT2D eigenvalue weighted by Gasteiger charge is 2.43. The maximum atomic E-state index is 14.1. The molecule has 17 heteroatoms. The molecule has 2 saturated carbocycles. The molecule has 2 saturated heterocycles. The first-order chi connectivity index (χ1) is 32.1. The molecule has 0 radical (unpaired) electrons. The number of anilines is 1. The van der Waals surface area contributed by atoms with Crippen molar-refractivity contribution >= 4 is 67.7 Å². The number of amides is 4. The van der Waals surface area contributed by atoms with Crippen LogP contribution in [0, 0.1) is 23.7 Å². The number of aromatic nitrogens is 2. The monoisotopic (exact) mass is 936 g/mol. The van der Waals surface area contributed by atoms with E-state index in [9.17, 15) is 27.6 Å². The summed E-state index contributed by atoms with van der Waals surface area (Å²) in [5.41, 5.74) is 8.27. The predicted octanol–water partition coefficient (Wildman–Crippen LogP) is 8.11. The number of aromatic amines is 1. The van der Waals surface area contributed by atoms with Crippen molar-refractivity contribution in [2.75, 3.05) is 32.6 Å². The lowest BCUT2D eigenvalue weighted by atomic mass is 9.87. The molecule has 1 aromatic heterocycles. The number of methoxy groups -OCH3 is 2. The molecular formula is C50H64N8O8S. The molecule has 4 fully saturated rings. The summed E-state index contributed by atoms with van der Waals surface area (Å²) in [4.78, 5) is 64.2. The number of allylic oxidation sites excluding steroid dienone is 5. The highest BCUT2D eigenvalue weighted by atomic mass is 32.2. The molecule has 4 N–H and O–H groups in total. The Morgan fingerprint density at radius 3 is 2.21 bits per heavy atom. The third-order valence-electron chi connectivity index (χ3n) is 14.8. The van der Waals surface area contributed by atoms with Gasteiger partial charge in [0.15, 0.2) is 0 Å². The van der Waals surface area contributed by atoms with Gasteiger partial charge in [0.2, 0.25) is 11.8 Å². The van der Waals surface area contributed by atoms with Crippen LogP contribution in [-0.2, 0) is 29.1 Å². The Kier molecular flexibility index (Phi) is 13.7. The molecule has 2 aliphatic carbocycles. The quantitative estimate of drug-likeness (QED) is 0.137. The van der Waals surface area contributed by atoms with Crippen molar-refractivity contribution in [3.8, 4) is 0 Å². The first-order valence-corrected chi connectivity index (χ1v) is 25.2. The number of fused-ring (bicyclic) bond motifs is 3. The van der Waals surface area contributed by atoms with Gasteiger partial charge in [-0.3, -0.25) is 9.59 Å². The fraction of sp³-hybridized carbons (Fsp3) is 0.520. The van der Waals surface area contributed by atoms with Gasteiger partial charge in [-0.05, 0) is 133 Å². The molecule has 3 aromatic rings. The molecular weight excluding hydrogens is 873 g/mol. The van der Waals surface area contributed by atoms with Crippen LogP contribution in [0.2, 0.25) is 0 Å². The molecule has 3 aliphatic heterocycles. The summed E-state index contributed by atoms with van der Waals surface area (Å²) in [5, 5.41) is 8.68. The first-order valence-electron chi connectivity index (χ1n) is 23.7. The van der Waals surface area contributed by atoms with Crippen molar-refractivity contribution in [3.63, 3.8) is 0 Å². The zero-order valence-corrected chi connectivity index (χ0v) is 40.4. The number of likely N-dealkylation sites (tertiary alicyclic amines) is 2. The summed E-state index contributed by atoms with van der Waals surface area (Å²) < 4.78 is 42.2. The van der Waals surface area contributed by atoms with Crippen LogP contribution in [0.3, 0.4) is 0 Å². The Bertz CT molecular complexity index is 2690. The Morgan fingerprint density at radius 1 is 0.881 bits per heavy atom. The molecule has 5 aliphatic rings. The van der Waals surface area contributed by atoms with Gasteiger partial charge in [-0.2, -0.15) is 8.42 Å². The van der Waals surface area contributed by atoms with Crippen molar-refractivity contribution in [3.05, 3.63) is 77.2 Å². The van der Waals surface area contributed by atoms with E-state index >= 15 is 0 Å². The minimum absolute atomic E-state index is 0.0531. The molecule has 4 heterocycles. The van der Waals surface area contributed by atoms with Gasteiger partial charge >= 0.3 is 12.2 Å². The number of alkyl carbamates (subject to hydrolysis) is 2. The number of hydrogen-bond acceptors (Lipinski definition) is 10. The van der Waals surface area contributed by atoms with E-state index in [-0.39, 0.29) is 40.4 Å². The number of carbonyl (C=O) groups excluding carboxylic acids is 4. The van der Waals surface area contributed by atoms with Crippen LogP contribution in [0.15, 0.2) is 69.5 Å². The fourth-order valence-electron chi connectivity index (χ4n) is 11.1. The lowest BCUT2D eigenvalue weighted by molar-refractivity contribution is -0.135. The lowest BCUT2D eigenvalue weighted by Gasteiger charge is -2.33. The molecule has 4 amide bonds. The largest absolute Gasteiger partial charge is 0.453 e. The lowest BCUT2D eigenvalue weighted by Crippen LogP contribution is -2.55. The van der Waals surface area contributed by atoms with Crippen LogP contribution in [0.4, 0.5) is 15.3 Å². The van der Waals surface area contributed by atoms with E-state index < -0.39 is 40.3 Å². The summed E-state index contributed by atoms with van der Waals surface area (Å²) in [6.45, 7) is 15.0. The first kappa shape index (κ1) is 47.5. The van der Waals surface area contributed by atoms with Crippen molar-refractivity contribution in [2.24, 2.45) is 28.1 Å². The molecule has 8 rings (SSSR count). The number of carbonyl (C=O) groups is 4. The number of sulfonamides is 1. The van der Waals surface area contributed by atoms with E-state index in [1.54, 1.807) is 17.0 Å². The van der Waals surface area contributed by atoms with E-state index in [2.05, 4.69) is 51.0 Å². The number of H-pyrrole nitrogens is 1. The van der Waals surface area contributed by atoms with E-state index in [0.29, 0.717) is 55.7 Å². The van der Waals surface area contributed by atoms with Gasteiger partial charge in [0.05, 0.1) is 43.0 Å². The number of imidazole rings is 1. The van der Waals surface area contributed by atoms with Crippen LogP contribution in [0.1, 0.15) is 115 Å². The maximum absolute atomic E-state index is 14.1. The summed E-state index contributed by atoms with van der Waals surface area (Å²) >= 11 is 0. The highest BCUT2D eigenvalue weighted by molar-refractivity contribution is 7.90. The minimum atomic E-state index is -4.19. The fourth-order valence-corrected chi connectivity index (χ4v) is 12.3. The standard InChI is InChI=1S/C50H64N8O8S/c1-9-28(5)44(55-50(62)66-8)48(60)58-23-13-17-40(58)46-52-37-21-19-32(26-41(37)67(63,64)56-46)33(10-2)35-24-31-14-11-15-34(31)42(35)29(6)30-18-20-36-38(25-30)53-45(51-36)39-16-12-22-57(39)47(59)43(27(3)4)54-49(61)65-7/h10,18-21,25-28,31,34,39-40,43-44H,2,9,11-17,22-24H2,1,3-8H3,(H,51,53)(H,52,56)(H,54,61)(H,55,62)/b35-33+,42-29+/t28-,31?,34?,39-,40-,43-,44-/m0/s1. The second kappa shape index (κ2) is 19.3. The van der Waals surface area contributed by atoms with E-state index in [0.717, 1.165) is 77.4 Å². The second-order valence-corrected chi connectivity index (χ2v) is 20.6. The van der Waals surface area contributed by atoms with Crippen LogP contribution < -0.4 is 16.0 Å². The zero-order chi connectivity index (χ0) is 47.9. The summed E-state index contributed by atoms with van der Waals surface area (Å²) in [5.74, 6) is 0.903. The van der Waals surface area contributed by atoms with Gasteiger partial charge in [0, 0.05) is 13.1 Å². The number of amidine groups is 1. The average Bonchev–Trinajstić information content (AvgIpc) is 4.18. The van der Waals surface area contributed by atoms with Crippen LogP contribution in [0.5, 0.6) is 0 Å². The predicted molar refractivity (Wildman–Crippen MR) is 257 cm³/mol. The molecule has 7 atom stereocenters. The summed E-state index contributed by atoms with van der Waals surface area (Å²) in [6.07, 6.45) is 8.02. The third-order valence-corrected chi connectivity index (χ3v) is 16.1. The maximum Gasteiger partial charge on any atom is 0.407 e. The molecule has 0 bridgehead atoms. The van der Waals surface area contributed by atoms with Crippen LogP contribution in [0.25, 0.3) is 22.2 Å². The summed E-state index contributed by atoms with van der Waals surface area (Å²) in [7, 11) is -1.65. The topological polar surface area (TPSA) is 204 Å². The van der Waals surface area contributed by atoms with Gasteiger partial charge < -0.3 is 40.2 Å². The normalized spacial score (nSPS) is 24.8. The van der Waals surface area contributed by atoms with Gasteiger partial charge in [-0.25, -0.2) is 14.6 Å². The molecule has 67 heavy (non-hydrogen) atoms. The highest BCUT2D eigenvalue weighted by Crippen LogP contribution is 2.54. The Morgan fingerprint density at radius 2 is 1.54 bits per heavy atom. The Balaban J connectivity index is 1.09. The molecule has 2 unspecified atom stereocenters. The van der Waals surface area contributed by atoms with E-state index in [1.165, 1.54) is 19.8 Å². The van der Waals surface area contributed by atoms with Crippen molar-refractivity contribution in [1.29, 1.82) is 0 Å². The Hall–Kier alpha value is -5.97. The minimum Gasteiger partial charge on any atom is -0.453 e. The number of benzene rings is 2. The molecule has 0 spiro atoms. The third kappa shape index (κ3) is 9.10. The van der Waals surface area contributed by atoms with Crippen LogP contribution >= 0.6 is 0 Å². The van der Waals surface area contributed by atoms with Gasteiger partial charge in [-0.1, -0.05) is 65.3 Å². The zero-order valence-electron chi connectivity index (χ0n) is 39.6. The van der Waals surface area contributed by atoms with Gasteiger partial charge in [0.1, 0.15) is 28.6 Å². The number of ether oxygens (including phenoxy) is 2. The average molecular weight is 937 g/mol. The molecule has 358 valence electrons. The number of nitrogens with zero attached hydrogens (tertiary/aromatic N) is 4.